The average Bonchev–Trinajstić information content (AvgIpc) is 0.796. The second-order valence-corrected chi connectivity index (χ2v) is 36.9. The van der Waals surface area contributed by atoms with Gasteiger partial charge >= 0.3 is 61.6 Å². The van der Waals surface area contributed by atoms with E-state index in [-0.39, 0.29) is 75.3 Å². The first-order chi connectivity index (χ1) is 58.6. The topological polar surface area (TPSA) is 220 Å². The van der Waals surface area contributed by atoms with Gasteiger partial charge in [0.1, 0.15) is 20.2 Å². The molecule has 2 rings (SSSR count). The summed E-state index contributed by atoms with van der Waals surface area (Å²) in [4.78, 5) is 50.5. The number of carbonyl (C=O) groups excluding carboxylic acids is 4. The fourth-order valence-electron chi connectivity index (χ4n) is 15.5. The molecular formula is C104H178CaO14S2. The summed E-state index contributed by atoms with van der Waals surface area (Å²) in [5.74, 6) is -3.73. The molecule has 0 aliphatic carbocycles. The minimum absolute atomic E-state index is 0. The molecule has 0 amide bonds. The number of esters is 4. The van der Waals surface area contributed by atoms with Crippen LogP contribution >= 0.6 is 0 Å². The third kappa shape index (κ3) is 73.0. The zero-order chi connectivity index (χ0) is 87.2. The second-order valence-electron chi connectivity index (χ2n) is 34.2. The number of ether oxygens (including phenoxy) is 4. The van der Waals surface area contributed by atoms with E-state index >= 15 is 0 Å². The van der Waals surface area contributed by atoms with E-state index in [1.165, 1.54) is 410 Å². The number of benzene rings is 2. The van der Waals surface area contributed by atoms with Crippen LogP contribution in [0, 0.1) is 0 Å². The summed E-state index contributed by atoms with van der Waals surface area (Å²) < 4.78 is 93.6. The van der Waals surface area contributed by atoms with Crippen LogP contribution in [0.25, 0.3) is 0 Å². The van der Waals surface area contributed by atoms with Crippen LogP contribution in [-0.4, -0.2) is 114 Å². The van der Waals surface area contributed by atoms with Crippen molar-refractivity contribution in [1.82, 2.24) is 0 Å². The number of hydrogen-bond donors (Lipinski definition) is 0. The van der Waals surface area contributed by atoms with Crippen molar-refractivity contribution in [3.8, 4) is 0 Å². The Morgan fingerprint density at radius 2 is 0.380 bits per heavy atom. The molecule has 14 nitrogen and oxygen atoms in total. The van der Waals surface area contributed by atoms with E-state index in [0.717, 1.165) is 50.7 Å². The molecule has 0 atom stereocenters. The summed E-state index contributed by atoms with van der Waals surface area (Å²) in [5.41, 5.74) is -1.65. The summed E-state index contributed by atoms with van der Waals surface area (Å²) in [7, 11) is -10.1. The number of unbranched alkanes of at least 4 members (excludes halogenated alkanes) is 64. The molecule has 0 fully saturated rings. The van der Waals surface area contributed by atoms with Crippen LogP contribution in [0.1, 0.15) is 531 Å². The van der Waals surface area contributed by atoms with E-state index in [0.29, 0.717) is 38.5 Å². The fraction of sp³-hybridized carbons (Fsp3) is 0.769. The Labute approximate surface area is 773 Å². The normalized spacial score (nSPS) is 11.8. The molecule has 121 heavy (non-hydrogen) atoms. The SMILES string of the molecule is CCCCCCCCCCCCCCCCC/C=C/CCCOC(=O)c1cccc(S(=O)(=O)[O-])c1C(=O)OCCC/C=C/CCCCCCCCCCCCCCCCC.CCCCCCCCCCCCCCCCC/C=C/CCCOC(=O)c1cccc(S(=O)(=O)[O-])c1C(=O)OCCC/C=C/CCCCCCCCCCCCCCCCC.[Ca+2]. The van der Waals surface area contributed by atoms with Gasteiger partial charge < -0.3 is 28.1 Å². The molecule has 0 heterocycles. The first kappa shape index (κ1) is 117. The Balaban J connectivity index is 0.00000236. The van der Waals surface area contributed by atoms with Crippen LogP contribution in [0.15, 0.2) is 94.8 Å². The van der Waals surface area contributed by atoms with Crippen molar-refractivity contribution in [2.24, 2.45) is 0 Å². The van der Waals surface area contributed by atoms with E-state index in [2.05, 4.69) is 76.3 Å². The minimum Gasteiger partial charge on any atom is -0.744 e. The molecule has 0 spiro atoms. The van der Waals surface area contributed by atoms with Gasteiger partial charge in [0, 0.05) is 0 Å². The molecule has 0 saturated heterocycles. The summed E-state index contributed by atoms with van der Waals surface area (Å²) in [5, 5.41) is 0. The van der Waals surface area contributed by atoms with Gasteiger partial charge in [-0.15, -0.1) is 0 Å². The molecule has 0 aliphatic heterocycles. The molecule has 0 aliphatic rings. The third-order valence-corrected chi connectivity index (χ3v) is 24.8. The van der Waals surface area contributed by atoms with E-state index in [1.807, 2.05) is 0 Å². The maximum atomic E-state index is 13.0. The Hall–Kier alpha value is -3.64. The van der Waals surface area contributed by atoms with Gasteiger partial charge in [-0.3, -0.25) is 0 Å². The van der Waals surface area contributed by atoms with Crippen molar-refractivity contribution in [2.75, 3.05) is 26.4 Å². The maximum Gasteiger partial charge on any atom is 2.00 e. The van der Waals surface area contributed by atoms with Gasteiger partial charge in [-0.1, -0.05) is 448 Å². The molecule has 0 bridgehead atoms. The molecule has 2 aromatic rings. The monoisotopic (exact) mass is 1760 g/mol. The fourth-order valence-corrected chi connectivity index (χ4v) is 16.9. The van der Waals surface area contributed by atoms with E-state index in [9.17, 15) is 45.1 Å². The Morgan fingerprint density at radius 1 is 0.231 bits per heavy atom. The summed E-state index contributed by atoms with van der Waals surface area (Å²) in [6.07, 6.45) is 107. The van der Waals surface area contributed by atoms with E-state index in [1.54, 1.807) is 0 Å². The van der Waals surface area contributed by atoms with Gasteiger partial charge in [0.25, 0.3) is 0 Å². The van der Waals surface area contributed by atoms with Gasteiger partial charge in [-0.25, -0.2) is 36.0 Å². The van der Waals surface area contributed by atoms with Crippen molar-refractivity contribution in [3.63, 3.8) is 0 Å². The van der Waals surface area contributed by atoms with Crippen molar-refractivity contribution in [3.05, 3.63) is 107 Å². The van der Waals surface area contributed by atoms with Crippen LogP contribution in [0.5, 0.6) is 0 Å². The molecule has 17 heteroatoms. The van der Waals surface area contributed by atoms with Gasteiger partial charge in [0.05, 0.1) is 58.5 Å². The summed E-state index contributed by atoms with van der Waals surface area (Å²) in [6.45, 7) is 9.37. The molecule has 0 N–H and O–H groups in total. The predicted octanol–water partition coefficient (Wildman–Crippen LogP) is 31.8. The van der Waals surface area contributed by atoms with Gasteiger partial charge in [-0.05, 0) is 127 Å². The number of carbonyl (C=O) groups is 4. The van der Waals surface area contributed by atoms with Crippen LogP contribution in [0.3, 0.4) is 0 Å². The summed E-state index contributed by atoms with van der Waals surface area (Å²) >= 11 is 0. The number of allylic oxidation sites excluding steroid dienone is 8. The number of rotatable bonds is 86. The van der Waals surface area contributed by atoms with Crippen molar-refractivity contribution in [1.29, 1.82) is 0 Å². The Morgan fingerprint density at radius 3 is 0.545 bits per heavy atom. The predicted molar refractivity (Wildman–Crippen MR) is 507 cm³/mol. The van der Waals surface area contributed by atoms with Crippen LogP contribution in [0.4, 0.5) is 0 Å². The average molecular weight is 1760 g/mol. The number of hydrogen-bond acceptors (Lipinski definition) is 14. The Kier molecular flexibility index (Phi) is 85.7. The van der Waals surface area contributed by atoms with Crippen LogP contribution in [0.2, 0.25) is 0 Å². The Bertz CT molecular complexity index is 2880. The third-order valence-electron chi connectivity index (χ3n) is 23.0. The van der Waals surface area contributed by atoms with Gasteiger partial charge in [0.2, 0.25) is 0 Å². The van der Waals surface area contributed by atoms with Crippen molar-refractivity contribution in [2.45, 2.75) is 500 Å². The standard InChI is InChI=1S/2C52H90O7S.Ca/c2*1-3-5-7-9-11-13-15-17-19-21-23-25-27-29-31-33-35-37-39-41-46-58-51(53)48-44-43-45-49(60(55,56)57)50(48)52(54)59-47-42-40-38-36-34-32-30-28-26-24-22-20-18-16-14-12-10-8-6-4-2;/h2*35-38,43-45H,3-34,39-42,46-47H2,1-2H3,(H,55,56,57);/q;;+2/p-2/b2*37-35+,38-36+;. The zero-order valence-corrected chi connectivity index (χ0v) is 81.9. The molecule has 0 unspecified atom stereocenters. The summed E-state index contributed by atoms with van der Waals surface area (Å²) in [6, 6.07) is 7.18. The molecule has 0 saturated carbocycles. The second kappa shape index (κ2) is 88.4. The van der Waals surface area contributed by atoms with E-state index < -0.39 is 65.0 Å². The largest absolute Gasteiger partial charge is 2.00 e. The van der Waals surface area contributed by atoms with Crippen LogP contribution < -0.4 is 0 Å². The van der Waals surface area contributed by atoms with Gasteiger partial charge in [0.15, 0.2) is 0 Å². The maximum absolute atomic E-state index is 13.0. The molecule has 692 valence electrons. The van der Waals surface area contributed by atoms with Gasteiger partial charge in [-0.2, -0.15) is 0 Å². The zero-order valence-electron chi connectivity index (χ0n) is 78.1. The quantitative estimate of drug-likeness (QED) is 0.0150. The first-order valence-corrected chi connectivity index (χ1v) is 52.9. The minimum atomic E-state index is -5.03. The van der Waals surface area contributed by atoms with E-state index in [4.69, 9.17) is 18.9 Å². The molecule has 0 radical (unpaired) electrons. The molecule has 0 aromatic heterocycles. The smallest absolute Gasteiger partial charge is 0.744 e. The van der Waals surface area contributed by atoms with Crippen LogP contribution in [-0.2, 0) is 39.2 Å². The molecule has 2 aromatic carbocycles. The van der Waals surface area contributed by atoms with Crippen molar-refractivity contribution >= 4 is 81.9 Å². The first-order valence-electron chi connectivity index (χ1n) is 50.1. The molecular weight excluding hydrogens is 1580 g/mol. The van der Waals surface area contributed by atoms with Crippen molar-refractivity contribution < 1.29 is 64.1 Å².